The first kappa shape index (κ1) is 17.4. The van der Waals surface area contributed by atoms with Crippen LogP contribution in [0.25, 0.3) is 10.8 Å². The first-order chi connectivity index (χ1) is 12.0. The summed E-state index contributed by atoms with van der Waals surface area (Å²) in [5, 5.41) is 9.07. The lowest BCUT2D eigenvalue weighted by Crippen LogP contribution is -2.18. The second kappa shape index (κ2) is 7.62. The van der Waals surface area contributed by atoms with Crippen molar-refractivity contribution >= 4 is 22.9 Å². The summed E-state index contributed by atoms with van der Waals surface area (Å²) in [6.45, 7) is 3.49. The number of oxazole rings is 1. The Morgan fingerprint density at radius 1 is 1.44 bits per heavy atom. The van der Waals surface area contributed by atoms with Gasteiger partial charge in [-0.25, -0.2) is 4.98 Å². The first-order valence-electron chi connectivity index (χ1n) is 7.98. The Morgan fingerprint density at radius 3 is 3.00 bits per heavy atom. The molecule has 3 aromatic rings. The number of aryl methyl sites for hydroxylation is 1. The van der Waals surface area contributed by atoms with Crippen LogP contribution in [-0.4, -0.2) is 46.2 Å². The number of hydrogen-bond acceptors (Lipinski definition) is 6. The number of likely N-dealkylation sites (N-methyl/N-ethyl adjacent to an activating group) is 1. The van der Waals surface area contributed by atoms with E-state index in [0.29, 0.717) is 23.0 Å². The lowest BCUT2D eigenvalue weighted by Gasteiger charge is -2.08. The molecule has 1 amide bonds. The summed E-state index contributed by atoms with van der Waals surface area (Å²) < 4.78 is 7.48. The van der Waals surface area contributed by atoms with E-state index < -0.39 is 0 Å². The summed E-state index contributed by atoms with van der Waals surface area (Å²) in [6, 6.07) is 3.89. The molecule has 0 unspecified atom stereocenters. The van der Waals surface area contributed by atoms with E-state index in [2.05, 4.69) is 20.3 Å². The molecule has 0 saturated heterocycles. The van der Waals surface area contributed by atoms with Crippen molar-refractivity contribution in [3.63, 3.8) is 0 Å². The lowest BCUT2D eigenvalue weighted by atomic mass is 10.2. The van der Waals surface area contributed by atoms with Crippen molar-refractivity contribution in [1.29, 1.82) is 0 Å². The third-order valence-electron chi connectivity index (χ3n) is 3.65. The molecule has 25 heavy (non-hydrogen) atoms. The molecule has 1 N–H and O–H groups in total. The number of amides is 1. The zero-order chi connectivity index (χ0) is 17.8. The van der Waals surface area contributed by atoms with E-state index in [1.54, 1.807) is 17.5 Å². The topological polar surface area (TPSA) is 76.2 Å². The Balaban J connectivity index is 1.59. The minimum atomic E-state index is -0.138. The normalized spacial score (nSPS) is 11.2. The van der Waals surface area contributed by atoms with Gasteiger partial charge in [0.05, 0.1) is 35.4 Å². The minimum Gasteiger partial charge on any atom is -0.440 e. The molecule has 0 atom stereocenters. The van der Waals surface area contributed by atoms with E-state index >= 15 is 0 Å². The van der Waals surface area contributed by atoms with Crippen LogP contribution in [0.4, 0.5) is 5.69 Å². The van der Waals surface area contributed by atoms with Crippen LogP contribution in [0.2, 0.25) is 0 Å². The fourth-order valence-electron chi connectivity index (χ4n) is 2.31. The number of thiophene rings is 1. The predicted octanol–water partition coefficient (Wildman–Crippen LogP) is 2.65. The summed E-state index contributed by atoms with van der Waals surface area (Å²) in [7, 11) is 4.02. The van der Waals surface area contributed by atoms with Crippen molar-refractivity contribution in [3.8, 4) is 10.8 Å². The van der Waals surface area contributed by atoms with Gasteiger partial charge >= 0.3 is 0 Å². The third-order valence-corrected chi connectivity index (χ3v) is 4.50. The van der Waals surface area contributed by atoms with Crippen LogP contribution in [0.5, 0.6) is 0 Å². The van der Waals surface area contributed by atoms with Crippen molar-refractivity contribution < 1.29 is 9.21 Å². The number of carbonyl (C=O) groups excluding carboxylic acids is 1. The van der Waals surface area contributed by atoms with Crippen molar-refractivity contribution in [3.05, 3.63) is 41.4 Å². The summed E-state index contributed by atoms with van der Waals surface area (Å²) in [6.07, 6.45) is 3.65. The van der Waals surface area contributed by atoms with Gasteiger partial charge in [0.25, 0.3) is 0 Å². The molecule has 0 radical (unpaired) electrons. The Hall–Kier alpha value is -2.45. The lowest BCUT2D eigenvalue weighted by molar-refractivity contribution is -0.115. The maximum absolute atomic E-state index is 12.3. The van der Waals surface area contributed by atoms with Crippen LogP contribution in [0, 0.1) is 6.92 Å². The molecular weight excluding hydrogens is 338 g/mol. The van der Waals surface area contributed by atoms with E-state index in [0.717, 1.165) is 18.0 Å². The quantitative estimate of drug-likeness (QED) is 0.702. The van der Waals surface area contributed by atoms with Gasteiger partial charge < -0.3 is 14.6 Å². The van der Waals surface area contributed by atoms with E-state index in [-0.39, 0.29) is 12.3 Å². The van der Waals surface area contributed by atoms with Gasteiger partial charge in [0.1, 0.15) is 5.76 Å². The molecule has 132 valence electrons. The number of anilines is 1. The van der Waals surface area contributed by atoms with Gasteiger partial charge in [-0.3, -0.25) is 9.48 Å². The van der Waals surface area contributed by atoms with E-state index in [1.807, 2.05) is 49.4 Å². The van der Waals surface area contributed by atoms with Crippen LogP contribution < -0.4 is 5.32 Å². The largest absolute Gasteiger partial charge is 0.440 e. The standard InChI is InChI=1S/C17H21N5O2S/c1-12-14(20-17(24-12)15-5-4-8-25-15)9-16(23)19-13-10-18-22(11-13)7-6-21(2)3/h4-5,8,10-11H,6-7,9H2,1-3H3,(H,19,23). The average Bonchev–Trinajstić information content (AvgIpc) is 3.27. The number of carbonyl (C=O) groups is 1. The third kappa shape index (κ3) is 4.55. The smallest absolute Gasteiger partial charge is 0.236 e. The van der Waals surface area contributed by atoms with Gasteiger partial charge in [-0.15, -0.1) is 11.3 Å². The SMILES string of the molecule is Cc1oc(-c2cccs2)nc1CC(=O)Nc1cnn(CCN(C)C)c1. The maximum atomic E-state index is 12.3. The van der Waals surface area contributed by atoms with Gasteiger partial charge in [0.2, 0.25) is 11.8 Å². The number of nitrogens with zero attached hydrogens (tertiary/aromatic N) is 4. The molecule has 0 aliphatic rings. The van der Waals surface area contributed by atoms with Crippen LogP contribution in [0.3, 0.4) is 0 Å². The highest BCUT2D eigenvalue weighted by molar-refractivity contribution is 7.13. The van der Waals surface area contributed by atoms with E-state index in [4.69, 9.17) is 4.42 Å². The van der Waals surface area contributed by atoms with Crippen LogP contribution in [-0.2, 0) is 17.8 Å². The van der Waals surface area contributed by atoms with Crippen molar-refractivity contribution in [1.82, 2.24) is 19.7 Å². The summed E-state index contributed by atoms with van der Waals surface area (Å²) in [5.74, 6) is 1.09. The zero-order valence-corrected chi connectivity index (χ0v) is 15.3. The summed E-state index contributed by atoms with van der Waals surface area (Å²) >= 11 is 1.56. The maximum Gasteiger partial charge on any atom is 0.236 e. The van der Waals surface area contributed by atoms with Gasteiger partial charge in [0.15, 0.2) is 0 Å². The molecule has 0 bridgehead atoms. The Morgan fingerprint density at radius 2 is 2.28 bits per heavy atom. The van der Waals surface area contributed by atoms with Crippen molar-refractivity contribution in [2.24, 2.45) is 0 Å². The highest BCUT2D eigenvalue weighted by atomic mass is 32.1. The van der Waals surface area contributed by atoms with Gasteiger partial charge in [-0.2, -0.15) is 5.10 Å². The van der Waals surface area contributed by atoms with E-state index in [1.165, 1.54) is 0 Å². The zero-order valence-electron chi connectivity index (χ0n) is 14.5. The van der Waals surface area contributed by atoms with Crippen molar-refractivity contribution in [2.75, 3.05) is 26.0 Å². The monoisotopic (exact) mass is 359 g/mol. The molecule has 0 saturated carbocycles. The molecule has 0 aliphatic carbocycles. The Labute approximate surface area is 150 Å². The molecule has 0 fully saturated rings. The average molecular weight is 359 g/mol. The molecular formula is C17H21N5O2S. The number of rotatable bonds is 7. The fourth-order valence-corrected chi connectivity index (χ4v) is 2.96. The first-order valence-corrected chi connectivity index (χ1v) is 8.86. The number of hydrogen-bond donors (Lipinski definition) is 1. The highest BCUT2D eigenvalue weighted by Crippen LogP contribution is 2.26. The molecule has 3 heterocycles. The number of nitrogens with one attached hydrogen (secondary N) is 1. The second-order valence-electron chi connectivity index (χ2n) is 6.02. The molecule has 8 heteroatoms. The highest BCUT2D eigenvalue weighted by Gasteiger charge is 2.15. The second-order valence-corrected chi connectivity index (χ2v) is 6.97. The summed E-state index contributed by atoms with van der Waals surface area (Å²) in [4.78, 5) is 19.8. The molecule has 0 aromatic carbocycles. The number of aromatic nitrogens is 3. The van der Waals surface area contributed by atoms with Gasteiger partial charge in [0, 0.05) is 12.7 Å². The molecule has 3 aromatic heterocycles. The van der Waals surface area contributed by atoms with Crippen molar-refractivity contribution in [2.45, 2.75) is 19.9 Å². The van der Waals surface area contributed by atoms with Crippen LogP contribution >= 0.6 is 11.3 Å². The van der Waals surface area contributed by atoms with Crippen LogP contribution in [0.1, 0.15) is 11.5 Å². The predicted molar refractivity (Wildman–Crippen MR) is 97.7 cm³/mol. The Kier molecular flexibility index (Phi) is 5.30. The molecule has 0 aliphatic heterocycles. The van der Waals surface area contributed by atoms with Gasteiger partial charge in [-0.1, -0.05) is 6.07 Å². The minimum absolute atomic E-state index is 0.138. The molecule has 3 rings (SSSR count). The van der Waals surface area contributed by atoms with Crippen LogP contribution in [0.15, 0.2) is 34.3 Å². The molecule has 0 spiro atoms. The fraction of sp³-hybridized carbons (Fsp3) is 0.353. The van der Waals surface area contributed by atoms with E-state index in [9.17, 15) is 4.79 Å². The summed E-state index contributed by atoms with van der Waals surface area (Å²) in [5.41, 5.74) is 1.34. The van der Waals surface area contributed by atoms with Gasteiger partial charge in [-0.05, 0) is 32.5 Å². The molecule has 7 nitrogen and oxygen atoms in total. The Bertz CT molecular complexity index is 835.